The van der Waals surface area contributed by atoms with Crippen LogP contribution in [0, 0.1) is 0 Å². The highest BCUT2D eigenvalue weighted by molar-refractivity contribution is 6.07. The average molecular weight is 395 g/mol. The first-order valence-electron chi connectivity index (χ1n) is 9.22. The zero-order valence-electron chi connectivity index (χ0n) is 15.6. The average Bonchev–Trinajstić information content (AvgIpc) is 3.20. The van der Waals surface area contributed by atoms with Crippen molar-refractivity contribution in [1.29, 1.82) is 0 Å². The second-order valence-electron chi connectivity index (χ2n) is 7.20. The van der Waals surface area contributed by atoms with Gasteiger partial charge in [0.15, 0.2) is 0 Å². The van der Waals surface area contributed by atoms with Gasteiger partial charge < -0.3 is 15.0 Å². The predicted molar refractivity (Wildman–Crippen MR) is 95.6 cm³/mol. The molecular formula is C19H23F2N3O4. The molecule has 1 heterocycles. The van der Waals surface area contributed by atoms with Crippen molar-refractivity contribution in [1.82, 2.24) is 15.1 Å². The Morgan fingerprint density at radius 3 is 2.50 bits per heavy atom. The van der Waals surface area contributed by atoms with E-state index in [-0.39, 0.29) is 37.1 Å². The van der Waals surface area contributed by atoms with E-state index >= 15 is 0 Å². The van der Waals surface area contributed by atoms with Gasteiger partial charge in [0.2, 0.25) is 5.91 Å². The number of carbonyl (C=O) groups is 3. The van der Waals surface area contributed by atoms with E-state index < -0.39 is 18.2 Å². The second-order valence-corrected chi connectivity index (χ2v) is 7.20. The molecule has 1 aromatic rings. The predicted octanol–water partition coefficient (Wildman–Crippen LogP) is 2.50. The van der Waals surface area contributed by atoms with E-state index in [1.165, 1.54) is 17.0 Å². The van der Waals surface area contributed by atoms with Gasteiger partial charge in [-0.1, -0.05) is 25.0 Å². The quantitative estimate of drug-likeness (QED) is 0.720. The lowest BCUT2D eigenvalue weighted by atomic mass is 9.98. The van der Waals surface area contributed by atoms with E-state index in [0.717, 1.165) is 23.3 Å². The maximum absolute atomic E-state index is 12.6. The van der Waals surface area contributed by atoms with E-state index in [2.05, 4.69) is 10.1 Å². The van der Waals surface area contributed by atoms with Crippen LogP contribution < -0.4 is 10.1 Å². The Morgan fingerprint density at radius 2 is 1.89 bits per heavy atom. The number of imide groups is 1. The summed E-state index contributed by atoms with van der Waals surface area (Å²) in [4.78, 5) is 39.7. The standard InChI is InChI=1S/C19H23F2N3O4/c1-23(12-13-4-6-14(7-5-13)28-17(20)21)15(25)8-11-24-16(26)19(22-18(24)27)9-2-3-10-19/h4-7,17H,2-3,8-12H2,1H3,(H,22,27). The van der Waals surface area contributed by atoms with Gasteiger partial charge in [-0.05, 0) is 30.5 Å². The van der Waals surface area contributed by atoms with Crippen molar-refractivity contribution in [2.45, 2.75) is 50.8 Å². The number of nitrogens with zero attached hydrogens (tertiary/aromatic N) is 2. The fourth-order valence-corrected chi connectivity index (χ4v) is 3.73. The summed E-state index contributed by atoms with van der Waals surface area (Å²) in [6, 6.07) is 5.59. The zero-order chi connectivity index (χ0) is 20.3. The first-order valence-corrected chi connectivity index (χ1v) is 9.22. The van der Waals surface area contributed by atoms with E-state index in [9.17, 15) is 23.2 Å². The zero-order valence-corrected chi connectivity index (χ0v) is 15.6. The van der Waals surface area contributed by atoms with E-state index in [0.29, 0.717) is 12.8 Å². The monoisotopic (exact) mass is 395 g/mol. The van der Waals surface area contributed by atoms with Crippen molar-refractivity contribution in [3.8, 4) is 5.75 Å². The van der Waals surface area contributed by atoms with Crippen LogP contribution in [0.5, 0.6) is 5.75 Å². The van der Waals surface area contributed by atoms with Crippen LogP contribution in [0.1, 0.15) is 37.7 Å². The molecule has 3 rings (SSSR count). The molecule has 0 bridgehead atoms. The Kier molecular flexibility index (Phi) is 5.81. The number of hydrogen-bond acceptors (Lipinski definition) is 4. The summed E-state index contributed by atoms with van der Waals surface area (Å²) in [6.45, 7) is -2.57. The summed E-state index contributed by atoms with van der Waals surface area (Å²) in [6.07, 6.45) is 3.13. The third-order valence-electron chi connectivity index (χ3n) is 5.25. The lowest BCUT2D eigenvalue weighted by Gasteiger charge is -2.21. The fourth-order valence-electron chi connectivity index (χ4n) is 3.73. The number of alkyl halides is 2. The molecule has 0 radical (unpaired) electrons. The highest BCUT2D eigenvalue weighted by Crippen LogP contribution is 2.35. The Morgan fingerprint density at radius 1 is 1.25 bits per heavy atom. The fraction of sp³-hybridized carbons (Fsp3) is 0.526. The first kappa shape index (κ1) is 20.0. The van der Waals surface area contributed by atoms with Crippen LogP contribution in [-0.4, -0.2) is 53.4 Å². The van der Waals surface area contributed by atoms with Gasteiger partial charge in [-0.3, -0.25) is 14.5 Å². The molecule has 0 aromatic heterocycles. The van der Waals surface area contributed by atoms with E-state index in [1.54, 1.807) is 19.2 Å². The lowest BCUT2D eigenvalue weighted by Crippen LogP contribution is -2.44. The lowest BCUT2D eigenvalue weighted by molar-refractivity contribution is -0.133. The molecule has 4 amide bonds. The molecule has 152 valence electrons. The minimum absolute atomic E-state index is 0.0261. The Labute approximate surface area is 161 Å². The van der Waals surface area contributed by atoms with E-state index in [4.69, 9.17) is 0 Å². The van der Waals surface area contributed by atoms with Crippen LogP contribution in [0.2, 0.25) is 0 Å². The minimum atomic E-state index is -2.89. The summed E-state index contributed by atoms with van der Waals surface area (Å²) in [5.41, 5.74) is -0.0222. The molecule has 28 heavy (non-hydrogen) atoms. The summed E-state index contributed by atoms with van der Waals surface area (Å²) < 4.78 is 28.6. The third-order valence-corrected chi connectivity index (χ3v) is 5.25. The van der Waals surface area contributed by atoms with Gasteiger partial charge in [-0.2, -0.15) is 8.78 Å². The number of amides is 4. The van der Waals surface area contributed by atoms with Crippen LogP contribution >= 0.6 is 0 Å². The highest BCUT2D eigenvalue weighted by Gasteiger charge is 2.52. The van der Waals surface area contributed by atoms with Crippen molar-refractivity contribution >= 4 is 17.8 Å². The molecule has 0 unspecified atom stereocenters. The van der Waals surface area contributed by atoms with Crippen LogP contribution in [0.15, 0.2) is 24.3 Å². The Bertz CT molecular complexity index is 748. The summed E-state index contributed by atoms with van der Waals surface area (Å²) in [5.74, 6) is -0.409. The topological polar surface area (TPSA) is 79.0 Å². The molecule has 1 saturated heterocycles. The normalized spacial score (nSPS) is 18.1. The number of ether oxygens (including phenoxy) is 1. The minimum Gasteiger partial charge on any atom is -0.435 e. The number of hydrogen-bond donors (Lipinski definition) is 1. The van der Waals surface area contributed by atoms with Gasteiger partial charge in [0, 0.05) is 26.6 Å². The molecule has 1 N–H and O–H groups in total. The first-order chi connectivity index (χ1) is 13.3. The number of carbonyl (C=O) groups excluding carboxylic acids is 3. The molecular weight excluding hydrogens is 372 g/mol. The SMILES string of the molecule is CN(Cc1ccc(OC(F)F)cc1)C(=O)CCN1C(=O)NC2(CCCC2)C1=O. The highest BCUT2D eigenvalue weighted by atomic mass is 19.3. The van der Waals surface area contributed by atoms with Crippen LogP contribution in [-0.2, 0) is 16.1 Å². The van der Waals surface area contributed by atoms with Crippen molar-refractivity contribution in [3.63, 3.8) is 0 Å². The molecule has 9 heteroatoms. The molecule has 1 aromatic carbocycles. The van der Waals surface area contributed by atoms with Gasteiger partial charge >= 0.3 is 12.6 Å². The summed E-state index contributed by atoms with van der Waals surface area (Å²) in [7, 11) is 1.61. The largest absolute Gasteiger partial charge is 0.435 e. The number of rotatable bonds is 7. The molecule has 0 atom stereocenters. The van der Waals surface area contributed by atoms with Crippen molar-refractivity contribution in [3.05, 3.63) is 29.8 Å². The third kappa shape index (κ3) is 4.23. The van der Waals surface area contributed by atoms with Gasteiger partial charge in [-0.25, -0.2) is 4.79 Å². The molecule has 1 aliphatic carbocycles. The maximum atomic E-state index is 12.6. The van der Waals surface area contributed by atoms with Crippen LogP contribution in [0.4, 0.5) is 13.6 Å². The molecule has 2 fully saturated rings. The van der Waals surface area contributed by atoms with Crippen molar-refractivity contribution < 1.29 is 27.9 Å². The molecule has 1 aliphatic heterocycles. The second kappa shape index (κ2) is 8.12. The molecule has 2 aliphatic rings. The Balaban J connectivity index is 1.50. The Hall–Kier alpha value is -2.71. The van der Waals surface area contributed by atoms with Crippen molar-refractivity contribution in [2.75, 3.05) is 13.6 Å². The number of urea groups is 1. The van der Waals surface area contributed by atoms with Crippen LogP contribution in [0.25, 0.3) is 0 Å². The smallest absolute Gasteiger partial charge is 0.387 e. The number of halogens is 2. The summed E-state index contributed by atoms with van der Waals surface area (Å²) in [5, 5.41) is 2.79. The molecule has 1 saturated carbocycles. The number of benzene rings is 1. The van der Waals surface area contributed by atoms with Gasteiger partial charge in [0.25, 0.3) is 5.91 Å². The molecule has 1 spiro atoms. The number of nitrogens with one attached hydrogen (secondary N) is 1. The maximum Gasteiger partial charge on any atom is 0.387 e. The van der Waals surface area contributed by atoms with Crippen LogP contribution in [0.3, 0.4) is 0 Å². The van der Waals surface area contributed by atoms with Crippen molar-refractivity contribution in [2.24, 2.45) is 0 Å². The van der Waals surface area contributed by atoms with Gasteiger partial charge in [-0.15, -0.1) is 0 Å². The van der Waals surface area contributed by atoms with E-state index in [1.807, 2.05) is 0 Å². The van der Waals surface area contributed by atoms with Gasteiger partial charge in [0.1, 0.15) is 11.3 Å². The van der Waals surface area contributed by atoms with Gasteiger partial charge in [0.05, 0.1) is 0 Å². The molecule has 7 nitrogen and oxygen atoms in total. The summed E-state index contributed by atoms with van der Waals surface area (Å²) >= 11 is 0.